The summed E-state index contributed by atoms with van der Waals surface area (Å²) in [6, 6.07) is 7.76. The molecule has 4 heteroatoms. The lowest BCUT2D eigenvalue weighted by Crippen LogP contribution is -1.90. The van der Waals surface area contributed by atoms with Crippen LogP contribution in [0.25, 0.3) is 16.7 Å². The van der Waals surface area contributed by atoms with Crippen molar-refractivity contribution in [3.05, 3.63) is 48.3 Å². The number of aromatic nitrogens is 2. The number of hydrogen-bond donors (Lipinski definition) is 1. The smallest absolute Gasteiger partial charge is 0.328 e. The molecule has 0 bridgehead atoms. The van der Waals surface area contributed by atoms with Gasteiger partial charge in [0, 0.05) is 24.9 Å². The summed E-state index contributed by atoms with van der Waals surface area (Å²) in [5, 5.41) is 12.8. The third-order valence-corrected chi connectivity index (χ3v) is 2.72. The van der Waals surface area contributed by atoms with Crippen molar-refractivity contribution in [1.82, 2.24) is 9.78 Å². The van der Waals surface area contributed by atoms with Gasteiger partial charge in [-0.25, -0.2) is 4.79 Å². The molecule has 1 aromatic heterocycles. The van der Waals surface area contributed by atoms with Crippen LogP contribution in [0.3, 0.4) is 0 Å². The van der Waals surface area contributed by atoms with E-state index >= 15 is 0 Å². The van der Waals surface area contributed by atoms with Gasteiger partial charge in [0.15, 0.2) is 0 Å². The average Bonchev–Trinajstić information content (AvgIpc) is 2.75. The molecule has 0 fully saturated rings. The van der Waals surface area contributed by atoms with E-state index in [0.717, 1.165) is 22.3 Å². The average molecular weight is 242 g/mol. The van der Waals surface area contributed by atoms with Crippen LogP contribution in [0.4, 0.5) is 0 Å². The van der Waals surface area contributed by atoms with Gasteiger partial charge in [0.05, 0.1) is 6.20 Å². The van der Waals surface area contributed by atoms with Crippen LogP contribution in [0, 0.1) is 0 Å². The van der Waals surface area contributed by atoms with E-state index in [1.165, 1.54) is 6.08 Å². The van der Waals surface area contributed by atoms with Gasteiger partial charge in [0.2, 0.25) is 0 Å². The Bertz CT molecular complexity index is 595. The van der Waals surface area contributed by atoms with E-state index in [1.54, 1.807) is 17.8 Å². The second-order valence-corrected chi connectivity index (χ2v) is 4.15. The first-order chi connectivity index (χ1) is 8.56. The highest BCUT2D eigenvalue weighted by Crippen LogP contribution is 2.21. The van der Waals surface area contributed by atoms with Gasteiger partial charge in [0.25, 0.3) is 0 Å². The monoisotopic (exact) mass is 242 g/mol. The molecule has 18 heavy (non-hydrogen) atoms. The first-order valence-corrected chi connectivity index (χ1v) is 5.57. The van der Waals surface area contributed by atoms with Crippen molar-refractivity contribution in [2.75, 3.05) is 0 Å². The summed E-state index contributed by atoms with van der Waals surface area (Å²) in [6.45, 7) is 1.78. The van der Waals surface area contributed by atoms with Crippen LogP contribution in [-0.2, 0) is 11.8 Å². The minimum atomic E-state index is -0.927. The standard InChI is InChI=1S/C14H14N2O2/c1-10(7-14(17)18)11-3-5-12(6-4-11)13-8-15-16(2)9-13/h3-9H,1-2H3,(H,17,18)/b10-7+. The van der Waals surface area contributed by atoms with Gasteiger partial charge < -0.3 is 5.11 Å². The Morgan fingerprint density at radius 2 is 1.94 bits per heavy atom. The van der Waals surface area contributed by atoms with Gasteiger partial charge in [-0.05, 0) is 23.6 Å². The molecule has 4 nitrogen and oxygen atoms in total. The fourth-order valence-electron chi connectivity index (χ4n) is 1.76. The van der Waals surface area contributed by atoms with Crippen molar-refractivity contribution in [1.29, 1.82) is 0 Å². The predicted octanol–water partition coefficient (Wildman–Crippen LogP) is 2.58. The topological polar surface area (TPSA) is 55.1 Å². The minimum Gasteiger partial charge on any atom is -0.478 e. The van der Waals surface area contributed by atoms with Gasteiger partial charge in [-0.15, -0.1) is 0 Å². The number of carboxylic acid groups (broad SMARTS) is 1. The van der Waals surface area contributed by atoms with Crippen molar-refractivity contribution in [2.45, 2.75) is 6.92 Å². The lowest BCUT2D eigenvalue weighted by Gasteiger charge is -2.02. The predicted molar refractivity (Wildman–Crippen MR) is 69.9 cm³/mol. The minimum absolute atomic E-state index is 0.736. The number of hydrogen-bond acceptors (Lipinski definition) is 2. The highest BCUT2D eigenvalue weighted by atomic mass is 16.4. The molecule has 92 valence electrons. The van der Waals surface area contributed by atoms with Gasteiger partial charge in [0.1, 0.15) is 0 Å². The molecule has 0 radical (unpaired) electrons. The SMILES string of the molecule is C/C(=C\C(=O)O)c1ccc(-c2cnn(C)c2)cc1. The van der Waals surface area contributed by atoms with Crippen molar-refractivity contribution < 1.29 is 9.90 Å². The zero-order chi connectivity index (χ0) is 13.1. The number of nitrogens with zero attached hydrogens (tertiary/aromatic N) is 2. The number of aryl methyl sites for hydroxylation is 1. The number of carboxylic acids is 1. The lowest BCUT2D eigenvalue weighted by molar-refractivity contribution is -0.131. The van der Waals surface area contributed by atoms with Crippen molar-refractivity contribution in [3.63, 3.8) is 0 Å². The summed E-state index contributed by atoms with van der Waals surface area (Å²) in [7, 11) is 1.87. The molecule has 2 aromatic rings. The van der Waals surface area contributed by atoms with Crippen molar-refractivity contribution in [3.8, 4) is 11.1 Å². The zero-order valence-corrected chi connectivity index (χ0v) is 10.3. The summed E-state index contributed by atoms with van der Waals surface area (Å²) in [5.41, 5.74) is 3.75. The molecule has 0 amide bonds. The van der Waals surface area contributed by atoms with Crippen LogP contribution in [0.15, 0.2) is 42.7 Å². The summed E-state index contributed by atoms with van der Waals surface area (Å²) in [5.74, 6) is -0.927. The number of aliphatic carboxylic acids is 1. The van der Waals surface area contributed by atoms with E-state index in [4.69, 9.17) is 5.11 Å². The first kappa shape index (κ1) is 12.1. The highest BCUT2D eigenvalue weighted by Gasteiger charge is 2.02. The third kappa shape index (κ3) is 2.66. The van der Waals surface area contributed by atoms with Crippen LogP contribution in [0.5, 0.6) is 0 Å². The van der Waals surface area contributed by atoms with Crippen molar-refractivity contribution >= 4 is 11.5 Å². The maximum Gasteiger partial charge on any atom is 0.328 e. The molecule has 1 aromatic carbocycles. The molecule has 0 saturated heterocycles. The van der Waals surface area contributed by atoms with Crippen LogP contribution in [0.2, 0.25) is 0 Å². The molecule has 1 heterocycles. The fraction of sp³-hybridized carbons (Fsp3) is 0.143. The van der Waals surface area contributed by atoms with Gasteiger partial charge >= 0.3 is 5.97 Å². The largest absolute Gasteiger partial charge is 0.478 e. The maximum atomic E-state index is 10.6. The molecule has 2 rings (SSSR count). The van der Waals surface area contributed by atoms with Gasteiger partial charge in [-0.2, -0.15) is 5.10 Å². The van der Waals surface area contributed by atoms with Gasteiger partial charge in [-0.3, -0.25) is 4.68 Å². The molecule has 0 unspecified atom stereocenters. The second-order valence-electron chi connectivity index (χ2n) is 4.15. The molecular weight excluding hydrogens is 228 g/mol. The van der Waals surface area contributed by atoms with E-state index in [9.17, 15) is 4.79 Å². The molecule has 0 aliphatic carbocycles. The number of allylic oxidation sites excluding steroid dienone is 1. The van der Waals surface area contributed by atoms with Crippen LogP contribution in [-0.4, -0.2) is 20.9 Å². The fourth-order valence-corrected chi connectivity index (χ4v) is 1.76. The van der Waals surface area contributed by atoms with Crippen LogP contribution in [0.1, 0.15) is 12.5 Å². The Morgan fingerprint density at radius 3 is 2.44 bits per heavy atom. The Balaban J connectivity index is 2.28. The van der Waals surface area contributed by atoms with Crippen molar-refractivity contribution in [2.24, 2.45) is 7.05 Å². The molecule has 1 N–H and O–H groups in total. The Kier molecular flexibility index (Phi) is 3.28. The summed E-state index contributed by atoms with van der Waals surface area (Å²) in [6.07, 6.45) is 4.95. The van der Waals surface area contributed by atoms with Crippen LogP contribution >= 0.6 is 0 Å². The highest BCUT2D eigenvalue weighted by molar-refractivity contribution is 5.89. The van der Waals surface area contributed by atoms with Crippen LogP contribution < -0.4 is 0 Å². The normalized spacial score (nSPS) is 11.6. The van der Waals surface area contributed by atoms with E-state index in [2.05, 4.69) is 5.10 Å². The number of carbonyl (C=O) groups is 1. The summed E-state index contributed by atoms with van der Waals surface area (Å²) < 4.78 is 1.75. The first-order valence-electron chi connectivity index (χ1n) is 5.57. The van der Waals surface area contributed by atoms with Gasteiger partial charge in [-0.1, -0.05) is 24.3 Å². The Hall–Kier alpha value is -2.36. The maximum absolute atomic E-state index is 10.6. The van der Waals surface area contributed by atoms with E-state index in [-0.39, 0.29) is 0 Å². The van der Waals surface area contributed by atoms with E-state index in [0.29, 0.717) is 0 Å². The Morgan fingerprint density at radius 1 is 1.28 bits per heavy atom. The molecule has 0 spiro atoms. The lowest BCUT2D eigenvalue weighted by atomic mass is 10.0. The summed E-state index contributed by atoms with van der Waals surface area (Å²) in [4.78, 5) is 10.6. The number of rotatable bonds is 3. The Labute approximate surface area is 105 Å². The third-order valence-electron chi connectivity index (χ3n) is 2.72. The van der Waals surface area contributed by atoms with E-state index in [1.807, 2.05) is 37.5 Å². The molecule has 0 atom stereocenters. The number of benzene rings is 1. The second kappa shape index (κ2) is 4.87. The quantitative estimate of drug-likeness (QED) is 0.841. The zero-order valence-electron chi connectivity index (χ0n) is 10.3. The summed E-state index contributed by atoms with van der Waals surface area (Å²) >= 11 is 0. The van der Waals surface area contributed by atoms with E-state index < -0.39 is 5.97 Å². The molecule has 0 aliphatic heterocycles. The molecule has 0 saturated carbocycles. The molecule has 0 aliphatic rings. The molecular formula is C14H14N2O2.